The van der Waals surface area contributed by atoms with Crippen molar-refractivity contribution in [3.05, 3.63) is 24.0 Å². The van der Waals surface area contributed by atoms with Gasteiger partial charge in [0.25, 0.3) is 0 Å². The molecular formula is C12H20N2O. The Morgan fingerprint density at radius 3 is 2.47 bits per heavy atom. The second-order valence-corrected chi connectivity index (χ2v) is 3.65. The highest BCUT2D eigenvalue weighted by atomic mass is 16.3. The van der Waals surface area contributed by atoms with Crippen molar-refractivity contribution in [2.45, 2.75) is 33.3 Å². The Morgan fingerprint density at radius 2 is 1.93 bits per heavy atom. The minimum absolute atomic E-state index is 0.0138. The van der Waals surface area contributed by atoms with E-state index in [1.807, 2.05) is 12.1 Å². The molecular weight excluding hydrogens is 188 g/mol. The fourth-order valence-corrected chi connectivity index (χ4v) is 1.66. The molecule has 3 heteroatoms. The Morgan fingerprint density at radius 1 is 1.27 bits per heavy atom. The lowest BCUT2D eigenvalue weighted by molar-refractivity contribution is 0.277. The number of anilines is 1. The summed E-state index contributed by atoms with van der Waals surface area (Å²) in [6.07, 6.45) is 4.03. The van der Waals surface area contributed by atoms with Gasteiger partial charge >= 0.3 is 0 Å². The van der Waals surface area contributed by atoms with E-state index in [2.05, 4.69) is 23.7 Å². The van der Waals surface area contributed by atoms with Crippen molar-refractivity contribution in [3.63, 3.8) is 0 Å². The fraction of sp³-hybridized carbons (Fsp3) is 0.583. The first-order valence-electron chi connectivity index (χ1n) is 5.62. The van der Waals surface area contributed by atoms with Gasteiger partial charge in [-0.1, -0.05) is 13.8 Å². The van der Waals surface area contributed by atoms with E-state index in [1.54, 1.807) is 6.20 Å². The molecule has 0 aromatic carbocycles. The molecule has 1 rings (SSSR count). The van der Waals surface area contributed by atoms with E-state index in [0.29, 0.717) is 0 Å². The monoisotopic (exact) mass is 208 g/mol. The Labute approximate surface area is 91.8 Å². The van der Waals surface area contributed by atoms with Gasteiger partial charge in [-0.3, -0.25) is 4.98 Å². The van der Waals surface area contributed by atoms with Crippen molar-refractivity contribution in [3.8, 4) is 0 Å². The Bertz CT molecular complexity index is 283. The van der Waals surface area contributed by atoms with Crippen LogP contribution in [0.4, 0.5) is 5.69 Å². The molecule has 0 aliphatic carbocycles. The summed E-state index contributed by atoms with van der Waals surface area (Å²) in [7, 11) is 0. The Kier molecular flexibility index (Phi) is 5.12. The van der Waals surface area contributed by atoms with Crippen LogP contribution in [-0.2, 0) is 6.61 Å². The lowest BCUT2D eigenvalue weighted by Gasteiger charge is -2.23. The normalized spacial score (nSPS) is 10.3. The Hall–Kier alpha value is -1.09. The number of aliphatic hydroxyl groups excluding tert-OH is 1. The maximum atomic E-state index is 9.02. The van der Waals surface area contributed by atoms with Crippen LogP contribution in [0.2, 0.25) is 0 Å². The van der Waals surface area contributed by atoms with E-state index in [1.165, 1.54) is 0 Å². The quantitative estimate of drug-likeness (QED) is 0.778. The number of hydrogen-bond donors (Lipinski definition) is 1. The summed E-state index contributed by atoms with van der Waals surface area (Å²) < 4.78 is 0. The van der Waals surface area contributed by atoms with E-state index < -0.39 is 0 Å². The molecule has 0 fully saturated rings. The maximum Gasteiger partial charge on any atom is 0.0853 e. The topological polar surface area (TPSA) is 36.4 Å². The van der Waals surface area contributed by atoms with Crippen LogP contribution in [0.1, 0.15) is 32.4 Å². The smallest absolute Gasteiger partial charge is 0.0853 e. The van der Waals surface area contributed by atoms with Gasteiger partial charge in [-0.2, -0.15) is 0 Å². The molecule has 0 unspecified atom stereocenters. The van der Waals surface area contributed by atoms with E-state index in [9.17, 15) is 0 Å². The molecule has 1 aromatic heterocycles. The van der Waals surface area contributed by atoms with Crippen LogP contribution in [0.3, 0.4) is 0 Å². The van der Waals surface area contributed by atoms with Gasteiger partial charge in [-0.05, 0) is 25.0 Å². The molecule has 1 aromatic rings. The molecule has 0 spiro atoms. The van der Waals surface area contributed by atoms with E-state index in [0.717, 1.165) is 37.3 Å². The van der Waals surface area contributed by atoms with Gasteiger partial charge in [0.1, 0.15) is 0 Å². The average molecular weight is 208 g/mol. The van der Waals surface area contributed by atoms with Gasteiger partial charge < -0.3 is 10.0 Å². The second kappa shape index (κ2) is 6.40. The summed E-state index contributed by atoms with van der Waals surface area (Å²) in [4.78, 5) is 6.42. The second-order valence-electron chi connectivity index (χ2n) is 3.65. The molecule has 0 radical (unpaired) electrons. The first-order valence-corrected chi connectivity index (χ1v) is 5.62. The van der Waals surface area contributed by atoms with E-state index in [-0.39, 0.29) is 6.61 Å². The highest BCUT2D eigenvalue weighted by Gasteiger charge is 2.04. The third-order valence-corrected chi connectivity index (χ3v) is 2.31. The van der Waals surface area contributed by atoms with Crippen LogP contribution >= 0.6 is 0 Å². The predicted octanol–water partition coefficient (Wildman–Crippen LogP) is 2.20. The lowest BCUT2D eigenvalue weighted by atomic mass is 10.2. The SMILES string of the molecule is CCCN(CCC)c1ccnc(CO)c1. The molecule has 0 bridgehead atoms. The van der Waals surface area contributed by atoms with Crippen molar-refractivity contribution >= 4 is 5.69 Å². The number of rotatable bonds is 6. The third kappa shape index (κ3) is 3.51. The summed E-state index contributed by atoms with van der Waals surface area (Å²) in [5.41, 5.74) is 1.91. The molecule has 1 heterocycles. The highest BCUT2D eigenvalue weighted by Crippen LogP contribution is 2.15. The maximum absolute atomic E-state index is 9.02. The van der Waals surface area contributed by atoms with Crippen molar-refractivity contribution in [2.24, 2.45) is 0 Å². The van der Waals surface area contributed by atoms with Gasteiger partial charge in [0.15, 0.2) is 0 Å². The molecule has 0 atom stereocenters. The largest absolute Gasteiger partial charge is 0.390 e. The fourth-order valence-electron chi connectivity index (χ4n) is 1.66. The number of aliphatic hydroxyl groups is 1. The minimum Gasteiger partial charge on any atom is -0.390 e. The third-order valence-electron chi connectivity index (χ3n) is 2.31. The number of pyridine rings is 1. The molecule has 0 saturated carbocycles. The van der Waals surface area contributed by atoms with Gasteiger partial charge in [0.2, 0.25) is 0 Å². The van der Waals surface area contributed by atoms with Crippen molar-refractivity contribution in [1.82, 2.24) is 4.98 Å². The van der Waals surface area contributed by atoms with Crippen molar-refractivity contribution in [2.75, 3.05) is 18.0 Å². The zero-order valence-electron chi connectivity index (χ0n) is 9.61. The average Bonchev–Trinajstić information content (AvgIpc) is 2.29. The molecule has 15 heavy (non-hydrogen) atoms. The van der Waals surface area contributed by atoms with Crippen LogP contribution < -0.4 is 4.90 Å². The molecule has 0 saturated heterocycles. The zero-order chi connectivity index (χ0) is 11.1. The minimum atomic E-state index is 0.0138. The number of nitrogens with zero attached hydrogens (tertiary/aromatic N) is 2. The van der Waals surface area contributed by atoms with Crippen LogP contribution in [0.5, 0.6) is 0 Å². The Balaban J connectivity index is 2.79. The van der Waals surface area contributed by atoms with Crippen molar-refractivity contribution < 1.29 is 5.11 Å². The van der Waals surface area contributed by atoms with E-state index in [4.69, 9.17) is 5.11 Å². The first kappa shape index (κ1) is 12.0. The van der Waals surface area contributed by atoms with Crippen molar-refractivity contribution in [1.29, 1.82) is 0 Å². The number of hydrogen-bond acceptors (Lipinski definition) is 3. The molecule has 0 amide bonds. The summed E-state index contributed by atoms with van der Waals surface area (Å²) in [5.74, 6) is 0. The zero-order valence-corrected chi connectivity index (χ0v) is 9.61. The van der Waals surface area contributed by atoms with Crippen LogP contribution in [0.25, 0.3) is 0 Å². The van der Waals surface area contributed by atoms with Crippen LogP contribution in [0, 0.1) is 0 Å². The first-order chi connectivity index (χ1) is 7.31. The van der Waals surface area contributed by atoms with E-state index >= 15 is 0 Å². The van der Waals surface area contributed by atoms with Crippen LogP contribution in [-0.4, -0.2) is 23.2 Å². The van der Waals surface area contributed by atoms with Gasteiger partial charge in [0.05, 0.1) is 12.3 Å². The summed E-state index contributed by atoms with van der Waals surface area (Å²) in [6.45, 7) is 6.49. The number of aromatic nitrogens is 1. The van der Waals surface area contributed by atoms with Crippen LogP contribution in [0.15, 0.2) is 18.3 Å². The molecule has 84 valence electrons. The summed E-state index contributed by atoms with van der Waals surface area (Å²) >= 11 is 0. The molecule has 3 nitrogen and oxygen atoms in total. The van der Waals surface area contributed by atoms with Gasteiger partial charge in [-0.15, -0.1) is 0 Å². The highest BCUT2D eigenvalue weighted by molar-refractivity contribution is 5.46. The molecule has 0 aliphatic heterocycles. The standard InChI is InChI=1S/C12H20N2O/c1-3-7-14(8-4-2)12-5-6-13-11(9-12)10-15/h5-6,9,15H,3-4,7-8,10H2,1-2H3. The van der Waals surface area contributed by atoms with Gasteiger partial charge in [-0.25, -0.2) is 0 Å². The molecule has 0 aliphatic rings. The summed E-state index contributed by atoms with van der Waals surface area (Å²) in [6, 6.07) is 3.97. The van der Waals surface area contributed by atoms with Gasteiger partial charge in [0, 0.05) is 25.0 Å². The summed E-state index contributed by atoms with van der Waals surface area (Å²) in [5, 5.41) is 9.02. The predicted molar refractivity (Wildman–Crippen MR) is 63.0 cm³/mol. The lowest BCUT2D eigenvalue weighted by Crippen LogP contribution is -2.24. The molecule has 1 N–H and O–H groups in total.